The lowest BCUT2D eigenvalue weighted by atomic mass is 9.82. The first-order valence-corrected chi connectivity index (χ1v) is 6.87. The number of nitrogens with zero attached hydrogens (tertiary/aromatic N) is 2. The maximum Gasteiger partial charge on any atom is 0.234 e. The van der Waals surface area contributed by atoms with Gasteiger partial charge in [-0.2, -0.15) is 4.98 Å². The second-order valence-corrected chi connectivity index (χ2v) is 4.84. The number of aromatic nitrogens is 2. The molecule has 108 valence electrons. The maximum atomic E-state index is 5.90. The standard InChI is InChI=1S/C15H21N3O2/c1-4-15(5-2,10-16)14-17-13(18-20-14)11-6-8-12(19-3)9-7-11/h6-9H,4-5,10,16H2,1-3H3. The Hall–Kier alpha value is -1.88. The molecule has 0 spiro atoms. The highest BCUT2D eigenvalue weighted by Crippen LogP contribution is 2.31. The fourth-order valence-electron chi connectivity index (χ4n) is 2.22. The minimum Gasteiger partial charge on any atom is -0.497 e. The molecule has 0 fully saturated rings. The zero-order valence-electron chi connectivity index (χ0n) is 12.2. The number of benzene rings is 1. The van der Waals surface area contributed by atoms with Crippen molar-refractivity contribution in [2.75, 3.05) is 13.7 Å². The Morgan fingerprint density at radius 3 is 2.35 bits per heavy atom. The molecule has 0 saturated carbocycles. The van der Waals surface area contributed by atoms with Crippen LogP contribution in [0.15, 0.2) is 28.8 Å². The average Bonchev–Trinajstić information content (AvgIpc) is 3.00. The second kappa shape index (κ2) is 6.05. The molecule has 5 heteroatoms. The molecule has 0 atom stereocenters. The Labute approximate surface area is 119 Å². The third-order valence-electron chi connectivity index (χ3n) is 3.97. The Balaban J connectivity index is 2.32. The molecule has 5 nitrogen and oxygen atoms in total. The van der Waals surface area contributed by atoms with Crippen molar-refractivity contribution >= 4 is 0 Å². The molecule has 2 rings (SSSR count). The molecule has 0 amide bonds. The van der Waals surface area contributed by atoms with Gasteiger partial charge < -0.3 is 15.0 Å². The normalized spacial score (nSPS) is 11.6. The Kier molecular flexibility index (Phi) is 4.39. The molecule has 1 aromatic carbocycles. The van der Waals surface area contributed by atoms with Gasteiger partial charge in [-0.3, -0.25) is 0 Å². The Bertz CT molecular complexity index is 536. The third-order valence-corrected chi connectivity index (χ3v) is 3.97. The van der Waals surface area contributed by atoms with E-state index in [-0.39, 0.29) is 5.41 Å². The lowest BCUT2D eigenvalue weighted by Gasteiger charge is -2.24. The monoisotopic (exact) mass is 275 g/mol. The van der Waals surface area contributed by atoms with E-state index >= 15 is 0 Å². The Morgan fingerprint density at radius 2 is 1.85 bits per heavy atom. The fraction of sp³-hybridized carbons (Fsp3) is 0.467. The summed E-state index contributed by atoms with van der Waals surface area (Å²) >= 11 is 0. The summed E-state index contributed by atoms with van der Waals surface area (Å²) in [5.41, 5.74) is 6.58. The van der Waals surface area contributed by atoms with Crippen LogP contribution in [0.1, 0.15) is 32.6 Å². The minimum absolute atomic E-state index is 0.224. The van der Waals surface area contributed by atoms with Crippen LogP contribution in [0.4, 0.5) is 0 Å². The topological polar surface area (TPSA) is 74.2 Å². The van der Waals surface area contributed by atoms with Crippen molar-refractivity contribution in [3.63, 3.8) is 0 Å². The van der Waals surface area contributed by atoms with E-state index in [0.717, 1.165) is 24.2 Å². The summed E-state index contributed by atoms with van der Waals surface area (Å²) in [4.78, 5) is 4.52. The molecule has 2 aromatic rings. The van der Waals surface area contributed by atoms with E-state index in [0.29, 0.717) is 18.3 Å². The minimum atomic E-state index is -0.224. The van der Waals surface area contributed by atoms with Crippen LogP contribution in [0.3, 0.4) is 0 Å². The van der Waals surface area contributed by atoms with Gasteiger partial charge in [0.1, 0.15) is 5.75 Å². The van der Waals surface area contributed by atoms with Crippen LogP contribution < -0.4 is 10.5 Å². The van der Waals surface area contributed by atoms with Crippen LogP contribution in [-0.4, -0.2) is 23.8 Å². The fourth-order valence-corrected chi connectivity index (χ4v) is 2.22. The van der Waals surface area contributed by atoms with Gasteiger partial charge >= 0.3 is 0 Å². The van der Waals surface area contributed by atoms with E-state index in [2.05, 4.69) is 24.0 Å². The van der Waals surface area contributed by atoms with Crippen LogP contribution in [0.25, 0.3) is 11.4 Å². The molecule has 0 aliphatic carbocycles. The van der Waals surface area contributed by atoms with Gasteiger partial charge in [-0.05, 0) is 37.1 Å². The molecule has 0 aliphatic rings. The first kappa shape index (κ1) is 14.5. The summed E-state index contributed by atoms with van der Waals surface area (Å²) in [6, 6.07) is 7.58. The highest BCUT2D eigenvalue weighted by molar-refractivity contribution is 5.55. The summed E-state index contributed by atoms with van der Waals surface area (Å²) in [5, 5.41) is 4.07. The first-order chi connectivity index (χ1) is 9.69. The van der Waals surface area contributed by atoms with Gasteiger partial charge in [0.25, 0.3) is 0 Å². The predicted molar refractivity (Wildman–Crippen MR) is 77.6 cm³/mol. The molecule has 20 heavy (non-hydrogen) atoms. The van der Waals surface area contributed by atoms with Crippen LogP contribution in [-0.2, 0) is 5.41 Å². The number of nitrogens with two attached hydrogens (primary N) is 1. The third kappa shape index (κ3) is 2.54. The molecular weight excluding hydrogens is 254 g/mol. The predicted octanol–water partition coefficient (Wildman–Crippen LogP) is 2.76. The molecule has 0 radical (unpaired) electrons. The van der Waals surface area contributed by atoms with E-state index in [4.69, 9.17) is 15.0 Å². The van der Waals surface area contributed by atoms with Crippen LogP contribution >= 0.6 is 0 Å². The van der Waals surface area contributed by atoms with Gasteiger partial charge in [0.05, 0.1) is 12.5 Å². The number of methoxy groups -OCH3 is 1. The van der Waals surface area contributed by atoms with Crippen molar-refractivity contribution in [2.24, 2.45) is 5.73 Å². The van der Waals surface area contributed by atoms with Crippen molar-refractivity contribution in [2.45, 2.75) is 32.1 Å². The molecule has 2 N–H and O–H groups in total. The van der Waals surface area contributed by atoms with Gasteiger partial charge in [0.15, 0.2) is 0 Å². The zero-order chi connectivity index (χ0) is 14.6. The number of hydrogen-bond acceptors (Lipinski definition) is 5. The summed E-state index contributed by atoms with van der Waals surface area (Å²) in [7, 11) is 1.64. The van der Waals surface area contributed by atoms with Crippen molar-refractivity contribution < 1.29 is 9.26 Å². The number of ether oxygens (including phenoxy) is 1. The SMILES string of the molecule is CCC(CC)(CN)c1nc(-c2ccc(OC)cc2)no1. The van der Waals surface area contributed by atoms with Crippen molar-refractivity contribution in [3.05, 3.63) is 30.2 Å². The Morgan fingerprint density at radius 1 is 1.20 bits per heavy atom. The van der Waals surface area contributed by atoms with E-state index in [9.17, 15) is 0 Å². The molecule has 0 bridgehead atoms. The average molecular weight is 275 g/mol. The van der Waals surface area contributed by atoms with E-state index in [1.807, 2.05) is 24.3 Å². The smallest absolute Gasteiger partial charge is 0.234 e. The quantitative estimate of drug-likeness (QED) is 0.877. The molecule has 1 heterocycles. The highest BCUT2D eigenvalue weighted by atomic mass is 16.5. The summed E-state index contributed by atoms with van der Waals surface area (Å²) in [6.45, 7) is 4.69. The van der Waals surface area contributed by atoms with E-state index in [1.54, 1.807) is 7.11 Å². The van der Waals surface area contributed by atoms with Crippen LogP contribution in [0.5, 0.6) is 5.75 Å². The van der Waals surface area contributed by atoms with E-state index < -0.39 is 0 Å². The lowest BCUT2D eigenvalue weighted by molar-refractivity contribution is 0.267. The molecule has 0 aliphatic heterocycles. The lowest BCUT2D eigenvalue weighted by Crippen LogP contribution is -2.34. The second-order valence-electron chi connectivity index (χ2n) is 4.84. The number of rotatable bonds is 6. The maximum absolute atomic E-state index is 5.90. The van der Waals surface area contributed by atoms with Crippen LogP contribution in [0, 0.1) is 0 Å². The van der Waals surface area contributed by atoms with E-state index in [1.165, 1.54) is 0 Å². The van der Waals surface area contributed by atoms with Crippen LogP contribution in [0.2, 0.25) is 0 Å². The zero-order valence-corrected chi connectivity index (χ0v) is 12.2. The molecule has 1 aromatic heterocycles. The molecular formula is C15H21N3O2. The summed E-state index contributed by atoms with van der Waals surface area (Å²) in [6.07, 6.45) is 1.76. The van der Waals surface area contributed by atoms with Crippen molar-refractivity contribution in [1.82, 2.24) is 10.1 Å². The van der Waals surface area contributed by atoms with Gasteiger partial charge in [-0.1, -0.05) is 19.0 Å². The molecule has 0 unspecified atom stereocenters. The van der Waals surface area contributed by atoms with Crippen molar-refractivity contribution in [3.8, 4) is 17.1 Å². The first-order valence-electron chi connectivity index (χ1n) is 6.87. The van der Waals surface area contributed by atoms with Gasteiger partial charge in [-0.25, -0.2) is 0 Å². The summed E-state index contributed by atoms with van der Waals surface area (Å²) < 4.78 is 10.6. The van der Waals surface area contributed by atoms with Gasteiger partial charge in [0, 0.05) is 12.1 Å². The van der Waals surface area contributed by atoms with Gasteiger partial charge in [0.2, 0.25) is 11.7 Å². The van der Waals surface area contributed by atoms with Crippen molar-refractivity contribution in [1.29, 1.82) is 0 Å². The molecule has 0 saturated heterocycles. The number of hydrogen-bond donors (Lipinski definition) is 1. The summed E-state index contributed by atoms with van der Waals surface area (Å²) in [5.74, 6) is 2.01. The van der Waals surface area contributed by atoms with Gasteiger partial charge in [-0.15, -0.1) is 0 Å². The highest BCUT2D eigenvalue weighted by Gasteiger charge is 2.33. The largest absolute Gasteiger partial charge is 0.497 e.